The number of hydrogen-bond donors (Lipinski definition) is 6. The summed E-state index contributed by atoms with van der Waals surface area (Å²) in [4.78, 5) is 49.4. The SMILES string of the molecule is CSCC[C@H](NC(=O)[C@H](CCSC)NC(=O)[C@H](CC[Se]C)NC(=O)[C@@H](N)[C@@H](C)O)C(=O)O. The van der Waals surface area contributed by atoms with Gasteiger partial charge in [-0.2, -0.15) is 0 Å². The van der Waals surface area contributed by atoms with Gasteiger partial charge < -0.3 is 0 Å². The van der Waals surface area contributed by atoms with Crippen LogP contribution >= 0.6 is 23.5 Å². The third-order valence-electron chi connectivity index (χ3n) is 4.53. The Hall–Kier alpha value is -0.981. The molecule has 0 heterocycles. The van der Waals surface area contributed by atoms with Crippen molar-refractivity contribution >= 4 is 62.2 Å². The van der Waals surface area contributed by atoms with Crippen LogP contribution in [-0.4, -0.2) is 103 Å². The second-order valence-electron chi connectivity index (χ2n) is 7.13. The molecule has 0 saturated heterocycles. The minimum absolute atomic E-state index is 0.261. The molecule has 7 N–H and O–H groups in total. The molecule has 0 spiro atoms. The Kier molecular flexibility index (Phi) is 17.0. The van der Waals surface area contributed by atoms with Crippen molar-refractivity contribution in [2.45, 2.75) is 67.6 Å². The molecule has 0 aliphatic rings. The van der Waals surface area contributed by atoms with Gasteiger partial charge in [0.1, 0.15) is 0 Å². The van der Waals surface area contributed by atoms with Crippen LogP contribution in [0.4, 0.5) is 0 Å². The Morgan fingerprint density at radius 1 is 0.875 bits per heavy atom. The van der Waals surface area contributed by atoms with E-state index in [4.69, 9.17) is 5.73 Å². The van der Waals surface area contributed by atoms with Crippen molar-refractivity contribution < 1.29 is 29.4 Å². The van der Waals surface area contributed by atoms with E-state index >= 15 is 0 Å². The maximum absolute atomic E-state index is 12.9. The first-order valence-electron chi connectivity index (χ1n) is 10.1. The molecule has 0 aromatic rings. The number of hydrogen-bond acceptors (Lipinski definition) is 8. The molecule has 0 saturated carbocycles. The molecular formula is C19H36N4O6S2Se. The van der Waals surface area contributed by atoms with E-state index in [2.05, 4.69) is 16.0 Å². The zero-order valence-corrected chi connectivity index (χ0v) is 22.3. The van der Waals surface area contributed by atoms with Crippen LogP contribution in [0.2, 0.25) is 11.1 Å². The first-order chi connectivity index (χ1) is 15.1. The number of aliphatic hydroxyl groups is 1. The zero-order valence-electron chi connectivity index (χ0n) is 19.0. The first-order valence-corrected chi connectivity index (χ1v) is 15.8. The molecule has 0 rings (SSSR count). The molecule has 10 nitrogen and oxygen atoms in total. The van der Waals surface area contributed by atoms with Crippen LogP contribution in [0.25, 0.3) is 0 Å². The van der Waals surface area contributed by atoms with Crippen molar-refractivity contribution in [2.24, 2.45) is 5.73 Å². The topological polar surface area (TPSA) is 171 Å². The van der Waals surface area contributed by atoms with E-state index in [1.54, 1.807) is 0 Å². The average molecular weight is 560 g/mol. The van der Waals surface area contributed by atoms with Crippen molar-refractivity contribution in [1.82, 2.24) is 16.0 Å². The van der Waals surface area contributed by atoms with E-state index < -0.39 is 54.0 Å². The van der Waals surface area contributed by atoms with Gasteiger partial charge in [-0.3, -0.25) is 0 Å². The standard InChI is InChI=1S/C19H36N4O6S2Se/c1-11(24)15(20)18(27)22-13(7-10-32-4)17(26)21-12(5-8-30-2)16(25)23-14(19(28)29)6-9-31-3/h11-15,24H,5-10,20H2,1-4H3,(H,21,26)(H,22,27)(H,23,25)(H,28,29)/t11-,12+,13+,14+,15+/m1/s1. The molecular weight excluding hydrogens is 523 g/mol. The van der Waals surface area contributed by atoms with Crippen molar-refractivity contribution in [3.05, 3.63) is 0 Å². The fourth-order valence-electron chi connectivity index (χ4n) is 2.53. The number of carboxylic acid groups (broad SMARTS) is 1. The van der Waals surface area contributed by atoms with Crippen LogP contribution in [0.3, 0.4) is 0 Å². The maximum atomic E-state index is 12.9. The van der Waals surface area contributed by atoms with E-state index in [9.17, 15) is 29.4 Å². The van der Waals surface area contributed by atoms with Gasteiger partial charge in [-0.1, -0.05) is 0 Å². The molecule has 3 amide bonds. The Morgan fingerprint density at radius 2 is 1.31 bits per heavy atom. The number of amides is 3. The quantitative estimate of drug-likeness (QED) is 0.126. The normalized spacial score (nSPS) is 15.7. The molecule has 186 valence electrons. The van der Waals surface area contributed by atoms with E-state index in [0.29, 0.717) is 29.7 Å². The monoisotopic (exact) mass is 560 g/mol. The summed E-state index contributed by atoms with van der Waals surface area (Å²) in [5.74, 6) is 0.227. The Labute approximate surface area is 204 Å². The van der Waals surface area contributed by atoms with Crippen LogP contribution < -0.4 is 21.7 Å². The molecule has 0 unspecified atom stereocenters. The molecule has 32 heavy (non-hydrogen) atoms. The molecule has 13 heteroatoms. The molecule has 0 aliphatic carbocycles. The predicted molar refractivity (Wildman–Crippen MR) is 130 cm³/mol. The third-order valence-corrected chi connectivity index (χ3v) is 7.17. The second-order valence-corrected chi connectivity index (χ2v) is 11.2. The number of aliphatic hydroxyl groups excluding tert-OH is 1. The molecule has 5 atom stereocenters. The summed E-state index contributed by atoms with van der Waals surface area (Å²) >= 11 is 3.23. The number of thioether (sulfide) groups is 2. The fourth-order valence-corrected chi connectivity index (χ4v) is 4.47. The van der Waals surface area contributed by atoms with Gasteiger partial charge in [-0.15, -0.1) is 0 Å². The number of aliphatic carboxylic acids is 1. The van der Waals surface area contributed by atoms with E-state index in [1.807, 2.05) is 18.3 Å². The summed E-state index contributed by atoms with van der Waals surface area (Å²) in [5, 5.41) is 27.4. The summed E-state index contributed by atoms with van der Waals surface area (Å²) in [6.45, 7) is 1.38. The number of nitrogens with two attached hydrogens (primary N) is 1. The van der Waals surface area contributed by atoms with Gasteiger partial charge in [0.25, 0.3) is 0 Å². The van der Waals surface area contributed by atoms with Crippen LogP contribution in [0.5, 0.6) is 0 Å². The third kappa shape index (κ3) is 12.3. The summed E-state index contributed by atoms with van der Waals surface area (Å²) in [6.07, 6.45) is 3.56. The summed E-state index contributed by atoms with van der Waals surface area (Å²) in [7, 11) is 0. The van der Waals surface area contributed by atoms with Gasteiger partial charge in [0.2, 0.25) is 0 Å². The number of rotatable bonds is 17. The van der Waals surface area contributed by atoms with Crippen LogP contribution in [0.1, 0.15) is 26.2 Å². The van der Waals surface area contributed by atoms with Gasteiger partial charge in [0.15, 0.2) is 0 Å². The van der Waals surface area contributed by atoms with E-state index in [0.717, 1.165) is 0 Å². The molecule has 0 aliphatic heterocycles. The molecule has 0 fully saturated rings. The average Bonchev–Trinajstić information content (AvgIpc) is 2.75. The second kappa shape index (κ2) is 17.5. The van der Waals surface area contributed by atoms with E-state index in [-0.39, 0.29) is 21.4 Å². The number of carbonyl (C=O) groups is 4. The van der Waals surface area contributed by atoms with E-state index in [1.165, 1.54) is 30.4 Å². The molecule has 0 aromatic carbocycles. The van der Waals surface area contributed by atoms with Crippen molar-refractivity contribution in [3.63, 3.8) is 0 Å². The number of carbonyl (C=O) groups excluding carboxylic acids is 3. The van der Waals surface area contributed by atoms with Crippen LogP contribution in [-0.2, 0) is 19.2 Å². The zero-order chi connectivity index (χ0) is 24.7. The first kappa shape index (κ1) is 31.0. The van der Waals surface area contributed by atoms with Gasteiger partial charge in [-0.05, 0) is 6.26 Å². The predicted octanol–water partition coefficient (Wildman–Crippen LogP) is -0.700. The fraction of sp³-hybridized carbons (Fsp3) is 0.789. The Balaban J connectivity index is 5.37. The van der Waals surface area contributed by atoms with Crippen molar-refractivity contribution in [3.8, 4) is 0 Å². The van der Waals surface area contributed by atoms with Gasteiger partial charge in [0.05, 0.1) is 0 Å². The molecule has 0 bridgehead atoms. The Morgan fingerprint density at radius 3 is 1.75 bits per heavy atom. The minimum atomic E-state index is -1.18. The summed E-state index contributed by atoms with van der Waals surface area (Å²) < 4.78 is 0. The Bertz CT molecular complexity index is 614. The van der Waals surface area contributed by atoms with Gasteiger partial charge >= 0.3 is 199 Å². The van der Waals surface area contributed by atoms with Gasteiger partial charge in [-0.25, -0.2) is 0 Å². The molecule has 0 radical (unpaired) electrons. The van der Waals surface area contributed by atoms with Gasteiger partial charge in [0, 0.05) is 0 Å². The molecule has 0 aromatic heterocycles. The van der Waals surface area contributed by atoms with Crippen molar-refractivity contribution in [2.75, 3.05) is 24.0 Å². The van der Waals surface area contributed by atoms with Crippen LogP contribution in [0, 0.1) is 0 Å². The van der Waals surface area contributed by atoms with Crippen LogP contribution in [0.15, 0.2) is 0 Å². The number of carboxylic acids is 1. The number of nitrogens with one attached hydrogen (secondary N) is 3. The summed E-state index contributed by atoms with van der Waals surface area (Å²) in [5.41, 5.74) is 5.66. The van der Waals surface area contributed by atoms with Crippen molar-refractivity contribution in [1.29, 1.82) is 0 Å². The summed E-state index contributed by atoms with van der Waals surface area (Å²) in [6, 6.07) is -4.08.